The van der Waals surface area contributed by atoms with E-state index in [-0.39, 0.29) is 5.91 Å². The second-order valence-electron chi connectivity index (χ2n) is 3.63. The summed E-state index contributed by atoms with van der Waals surface area (Å²) in [5.74, 6) is -0.00954. The number of pyridine rings is 1. The van der Waals surface area contributed by atoms with E-state index in [0.29, 0.717) is 12.2 Å². The van der Waals surface area contributed by atoms with Crippen molar-refractivity contribution < 1.29 is 4.79 Å². The van der Waals surface area contributed by atoms with Crippen molar-refractivity contribution in [2.75, 3.05) is 0 Å². The van der Waals surface area contributed by atoms with Crippen LogP contribution in [0.1, 0.15) is 33.6 Å². The molecule has 66 valence electrons. The van der Waals surface area contributed by atoms with E-state index in [1.165, 1.54) is 17.5 Å². The number of aromatic nitrogens is 1. The first-order chi connectivity index (χ1) is 6.36. The maximum Gasteiger partial charge on any atom is 0.270 e. The molecular weight excluding hydrogens is 164 g/mol. The van der Waals surface area contributed by atoms with Gasteiger partial charge in [-0.1, -0.05) is 0 Å². The molecule has 13 heavy (non-hydrogen) atoms. The van der Waals surface area contributed by atoms with Crippen molar-refractivity contribution in [3.05, 3.63) is 28.6 Å². The number of nitrogens with one attached hydrogen (secondary N) is 1. The normalized spacial score (nSPS) is 18.3. The highest BCUT2D eigenvalue weighted by Crippen LogP contribution is 2.28. The Bertz CT molecular complexity index is 398. The second kappa shape index (κ2) is 2.31. The van der Waals surface area contributed by atoms with Crippen molar-refractivity contribution in [1.82, 2.24) is 10.3 Å². The van der Waals surface area contributed by atoms with Gasteiger partial charge in [0.15, 0.2) is 0 Å². The molecule has 0 bridgehead atoms. The first kappa shape index (κ1) is 7.06. The van der Waals surface area contributed by atoms with Crippen LogP contribution in [-0.2, 0) is 19.4 Å². The fraction of sp³-hybridized carbons (Fsp3) is 0.400. The van der Waals surface area contributed by atoms with E-state index in [9.17, 15) is 4.79 Å². The number of hydrogen-bond acceptors (Lipinski definition) is 2. The zero-order chi connectivity index (χ0) is 8.84. The standard InChI is InChI=1S/C10H10N2O/c13-10-9-8(5-12-10)7-3-1-2-6(7)4-11-9/h4H,1-3,5H2,(H,12,13). The minimum Gasteiger partial charge on any atom is -0.347 e. The van der Waals surface area contributed by atoms with Gasteiger partial charge in [-0.05, 0) is 30.4 Å². The molecule has 0 fully saturated rings. The van der Waals surface area contributed by atoms with Gasteiger partial charge in [-0.2, -0.15) is 0 Å². The van der Waals surface area contributed by atoms with Crippen LogP contribution in [-0.4, -0.2) is 10.9 Å². The summed E-state index contributed by atoms with van der Waals surface area (Å²) in [7, 11) is 0. The van der Waals surface area contributed by atoms with Crippen molar-refractivity contribution in [1.29, 1.82) is 0 Å². The molecular formula is C10H10N2O. The van der Waals surface area contributed by atoms with Crippen LogP contribution in [0.5, 0.6) is 0 Å². The molecule has 3 nitrogen and oxygen atoms in total. The van der Waals surface area contributed by atoms with Gasteiger partial charge in [0, 0.05) is 18.3 Å². The summed E-state index contributed by atoms with van der Waals surface area (Å²) in [6.07, 6.45) is 5.33. The third-order valence-corrected chi connectivity index (χ3v) is 2.90. The van der Waals surface area contributed by atoms with Crippen molar-refractivity contribution in [2.24, 2.45) is 0 Å². The van der Waals surface area contributed by atoms with E-state index in [1.807, 2.05) is 6.20 Å². The molecule has 0 spiro atoms. The molecule has 2 aliphatic rings. The highest BCUT2D eigenvalue weighted by atomic mass is 16.2. The summed E-state index contributed by atoms with van der Waals surface area (Å²) < 4.78 is 0. The quantitative estimate of drug-likeness (QED) is 0.632. The van der Waals surface area contributed by atoms with Gasteiger partial charge in [0.05, 0.1) is 0 Å². The van der Waals surface area contributed by atoms with Crippen molar-refractivity contribution in [2.45, 2.75) is 25.8 Å². The third-order valence-electron chi connectivity index (χ3n) is 2.90. The zero-order valence-corrected chi connectivity index (χ0v) is 7.26. The Labute approximate surface area is 76.2 Å². The summed E-state index contributed by atoms with van der Waals surface area (Å²) in [5.41, 5.74) is 4.53. The third kappa shape index (κ3) is 0.842. The monoisotopic (exact) mass is 174 g/mol. The SMILES string of the molecule is O=C1NCc2c1ncc1c2CCC1. The number of carbonyl (C=O) groups excluding carboxylic acids is 1. The molecule has 1 aliphatic carbocycles. The Morgan fingerprint density at radius 2 is 2.23 bits per heavy atom. The Morgan fingerprint density at radius 1 is 1.31 bits per heavy atom. The molecule has 1 N–H and O–H groups in total. The van der Waals surface area contributed by atoms with Gasteiger partial charge in [-0.25, -0.2) is 0 Å². The first-order valence-corrected chi connectivity index (χ1v) is 4.64. The highest BCUT2D eigenvalue weighted by molar-refractivity contribution is 5.96. The average Bonchev–Trinajstić information content (AvgIpc) is 2.70. The van der Waals surface area contributed by atoms with Crippen molar-refractivity contribution in [3.63, 3.8) is 0 Å². The highest BCUT2D eigenvalue weighted by Gasteiger charge is 2.26. The van der Waals surface area contributed by atoms with Gasteiger partial charge >= 0.3 is 0 Å². The first-order valence-electron chi connectivity index (χ1n) is 4.64. The number of rotatable bonds is 0. The van der Waals surface area contributed by atoms with Crippen molar-refractivity contribution in [3.8, 4) is 0 Å². The molecule has 0 unspecified atom stereocenters. The smallest absolute Gasteiger partial charge is 0.270 e. The number of fused-ring (bicyclic) bond motifs is 3. The minimum absolute atomic E-state index is 0.00954. The molecule has 2 heterocycles. The maximum absolute atomic E-state index is 11.3. The molecule has 0 saturated heterocycles. The van der Waals surface area contributed by atoms with Gasteiger partial charge in [0.2, 0.25) is 0 Å². The Balaban J connectivity index is 2.26. The van der Waals surface area contributed by atoms with Crippen LogP contribution in [0.4, 0.5) is 0 Å². The second-order valence-corrected chi connectivity index (χ2v) is 3.63. The Hall–Kier alpha value is -1.38. The number of aryl methyl sites for hydroxylation is 1. The summed E-state index contributed by atoms with van der Waals surface area (Å²) in [4.78, 5) is 15.5. The van der Waals surface area contributed by atoms with E-state index in [2.05, 4.69) is 10.3 Å². The largest absolute Gasteiger partial charge is 0.347 e. The van der Waals surface area contributed by atoms with Crippen LogP contribution >= 0.6 is 0 Å². The lowest BCUT2D eigenvalue weighted by Crippen LogP contribution is -2.13. The molecule has 1 aromatic rings. The Kier molecular flexibility index (Phi) is 1.26. The van der Waals surface area contributed by atoms with Gasteiger partial charge in [0.1, 0.15) is 5.69 Å². The number of nitrogens with zero attached hydrogens (tertiary/aromatic N) is 1. The molecule has 1 amide bonds. The zero-order valence-electron chi connectivity index (χ0n) is 7.26. The molecule has 3 rings (SSSR count). The van der Waals surface area contributed by atoms with Crippen LogP contribution in [0.15, 0.2) is 6.20 Å². The topological polar surface area (TPSA) is 42.0 Å². The predicted molar refractivity (Wildman–Crippen MR) is 47.4 cm³/mol. The van der Waals surface area contributed by atoms with E-state index >= 15 is 0 Å². The van der Waals surface area contributed by atoms with E-state index < -0.39 is 0 Å². The van der Waals surface area contributed by atoms with Gasteiger partial charge in [0.25, 0.3) is 5.91 Å². The Morgan fingerprint density at radius 3 is 3.15 bits per heavy atom. The number of amides is 1. The molecule has 1 aliphatic heterocycles. The molecule has 3 heteroatoms. The molecule has 0 atom stereocenters. The van der Waals surface area contributed by atoms with Gasteiger partial charge in [-0.15, -0.1) is 0 Å². The molecule has 1 aromatic heterocycles. The van der Waals surface area contributed by atoms with Crippen LogP contribution < -0.4 is 5.32 Å². The van der Waals surface area contributed by atoms with Crippen LogP contribution in [0.3, 0.4) is 0 Å². The van der Waals surface area contributed by atoms with E-state index in [4.69, 9.17) is 0 Å². The van der Waals surface area contributed by atoms with Gasteiger partial charge < -0.3 is 5.32 Å². The molecule has 0 aromatic carbocycles. The lowest BCUT2D eigenvalue weighted by Gasteiger charge is -2.02. The molecule has 0 radical (unpaired) electrons. The lowest BCUT2D eigenvalue weighted by atomic mass is 10.1. The van der Waals surface area contributed by atoms with Crippen LogP contribution in [0.2, 0.25) is 0 Å². The number of hydrogen-bond donors (Lipinski definition) is 1. The summed E-state index contributed by atoms with van der Waals surface area (Å²) in [6, 6.07) is 0. The van der Waals surface area contributed by atoms with Crippen molar-refractivity contribution >= 4 is 5.91 Å². The van der Waals surface area contributed by atoms with Gasteiger partial charge in [-0.3, -0.25) is 9.78 Å². The molecule has 0 saturated carbocycles. The van der Waals surface area contributed by atoms with E-state index in [0.717, 1.165) is 18.4 Å². The number of carbonyl (C=O) groups is 1. The van der Waals surface area contributed by atoms with E-state index in [1.54, 1.807) is 0 Å². The van der Waals surface area contributed by atoms with Crippen LogP contribution in [0.25, 0.3) is 0 Å². The summed E-state index contributed by atoms with van der Waals surface area (Å²) in [5, 5.41) is 2.81. The predicted octanol–water partition coefficient (Wildman–Crippen LogP) is 0.814. The average molecular weight is 174 g/mol. The minimum atomic E-state index is -0.00954. The van der Waals surface area contributed by atoms with Crippen LogP contribution in [0, 0.1) is 0 Å². The summed E-state index contributed by atoms with van der Waals surface area (Å²) >= 11 is 0. The lowest BCUT2D eigenvalue weighted by molar-refractivity contribution is 0.0961. The fourth-order valence-electron chi connectivity index (χ4n) is 2.26. The fourth-order valence-corrected chi connectivity index (χ4v) is 2.26. The summed E-state index contributed by atoms with van der Waals surface area (Å²) in [6.45, 7) is 0.685. The maximum atomic E-state index is 11.3.